The Hall–Kier alpha value is -1.18. The molecule has 8 heteroatoms. The number of aliphatic hydroxyl groups excluding tert-OH is 3. The Bertz CT molecular complexity index is 253. The monoisotopic (exact) mass is 219 g/mol. The van der Waals surface area contributed by atoms with Crippen LogP contribution in [0.25, 0.3) is 10.4 Å². The van der Waals surface area contributed by atoms with Crippen LogP contribution >= 0.6 is 0 Å². The van der Waals surface area contributed by atoms with Gasteiger partial charge in [0.05, 0.1) is 13.2 Å². The summed E-state index contributed by atoms with van der Waals surface area (Å²) in [5.74, 6) is -0.841. The normalized spacial score (nSPS) is 16.3. The molecule has 3 atom stereocenters. The minimum atomic E-state index is -1.76. The quantitative estimate of drug-likeness (QED) is 0.274. The van der Waals surface area contributed by atoms with Gasteiger partial charge in [-0.15, -0.1) is 0 Å². The van der Waals surface area contributed by atoms with Crippen LogP contribution in [0.15, 0.2) is 5.11 Å². The van der Waals surface area contributed by atoms with E-state index in [9.17, 15) is 9.90 Å². The van der Waals surface area contributed by atoms with Crippen LogP contribution < -0.4 is 0 Å². The highest BCUT2D eigenvalue weighted by Gasteiger charge is 2.29. The van der Waals surface area contributed by atoms with Crippen molar-refractivity contribution in [3.63, 3.8) is 0 Å². The van der Waals surface area contributed by atoms with E-state index >= 15 is 0 Å². The maximum absolute atomic E-state index is 11.4. The largest absolute Gasteiger partial charge is 0.394 e. The summed E-state index contributed by atoms with van der Waals surface area (Å²) in [7, 11) is 1.20. The van der Waals surface area contributed by atoms with Gasteiger partial charge in [0.25, 0.3) is 0 Å². The molecule has 0 spiro atoms. The molecule has 0 aromatic rings. The molecule has 8 nitrogen and oxygen atoms in total. The van der Waals surface area contributed by atoms with Crippen LogP contribution in [0.2, 0.25) is 0 Å². The van der Waals surface area contributed by atoms with Crippen LogP contribution in [-0.4, -0.2) is 59.7 Å². The van der Waals surface area contributed by atoms with Crippen molar-refractivity contribution < 1.29 is 24.9 Å². The van der Waals surface area contributed by atoms with Crippen LogP contribution in [0, 0.1) is 0 Å². The molecule has 0 aromatic heterocycles. The third-order valence-corrected chi connectivity index (χ3v) is 1.76. The predicted molar refractivity (Wildman–Crippen MR) is 48.9 cm³/mol. The fourth-order valence-corrected chi connectivity index (χ4v) is 0.871. The van der Waals surface area contributed by atoms with Gasteiger partial charge < -0.3 is 20.1 Å². The SMILES string of the molecule is CO[C@H](CN=[N+]=[N-])C(=O)C(O)C(O)CO. The summed E-state index contributed by atoms with van der Waals surface area (Å²) < 4.78 is 4.66. The van der Waals surface area contributed by atoms with E-state index in [-0.39, 0.29) is 6.54 Å². The number of carbonyl (C=O) groups excluding carboxylic acids is 1. The number of Topliss-reactive ketones (excluding diaryl/α,β-unsaturated/α-hetero) is 1. The van der Waals surface area contributed by atoms with Gasteiger partial charge in [-0.1, -0.05) is 5.11 Å². The molecule has 2 unspecified atom stereocenters. The highest BCUT2D eigenvalue weighted by Crippen LogP contribution is 2.02. The average Bonchev–Trinajstić information content (AvgIpc) is 2.27. The number of rotatable bonds is 7. The Morgan fingerprint density at radius 3 is 2.60 bits per heavy atom. The smallest absolute Gasteiger partial charge is 0.192 e. The molecule has 0 aliphatic heterocycles. The number of ketones is 1. The molecular weight excluding hydrogens is 206 g/mol. The summed E-state index contributed by atoms with van der Waals surface area (Å²) in [5.41, 5.74) is 8.03. The summed E-state index contributed by atoms with van der Waals surface area (Å²) in [5, 5.41) is 29.8. The van der Waals surface area contributed by atoms with Crippen molar-refractivity contribution >= 4 is 5.78 Å². The van der Waals surface area contributed by atoms with Gasteiger partial charge in [0, 0.05) is 12.0 Å². The Labute approximate surface area is 85.7 Å². The van der Waals surface area contributed by atoms with Gasteiger partial charge in [-0.25, -0.2) is 0 Å². The maximum Gasteiger partial charge on any atom is 0.192 e. The lowest BCUT2D eigenvalue weighted by atomic mass is 10.1. The lowest BCUT2D eigenvalue weighted by Crippen LogP contribution is -2.43. The van der Waals surface area contributed by atoms with E-state index in [2.05, 4.69) is 14.8 Å². The van der Waals surface area contributed by atoms with Gasteiger partial charge in [0.2, 0.25) is 0 Å². The van der Waals surface area contributed by atoms with Crippen molar-refractivity contribution in [2.45, 2.75) is 18.3 Å². The molecule has 0 amide bonds. The molecule has 0 heterocycles. The van der Waals surface area contributed by atoms with E-state index in [1.807, 2.05) is 0 Å². The van der Waals surface area contributed by atoms with Crippen LogP contribution in [0.1, 0.15) is 0 Å². The van der Waals surface area contributed by atoms with Crippen molar-refractivity contribution in [2.24, 2.45) is 5.11 Å². The van der Waals surface area contributed by atoms with Gasteiger partial charge >= 0.3 is 0 Å². The highest BCUT2D eigenvalue weighted by molar-refractivity contribution is 5.88. The lowest BCUT2D eigenvalue weighted by molar-refractivity contribution is -0.144. The molecule has 0 saturated carbocycles. The first kappa shape index (κ1) is 13.8. The zero-order chi connectivity index (χ0) is 11.8. The molecule has 0 bridgehead atoms. The fourth-order valence-electron chi connectivity index (χ4n) is 0.871. The number of hydrogen-bond acceptors (Lipinski definition) is 6. The van der Waals surface area contributed by atoms with Crippen LogP contribution in [0.5, 0.6) is 0 Å². The second-order valence-corrected chi connectivity index (χ2v) is 2.73. The van der Waals surface area contributed by atoms with E-state index < -0.39 is 30.7 Å². The third kappa shape index (κ3) is 4.24. The molecule has 15 heavy (non-hydrogen) atoms. The van der Waals surface area contributed by atoms with Gasteiger partial charge in [-0.2, -0.15) is 0 Å². The van der Waals surface area contributed by atoms with E-state index in [1.54, 1.807) is 0 Å². The predicted octanol–water partition coefficient (Wildman–Crippen LogP) is -1.41. The zero-order valence-electron chi connectivity index (χ0n) is 8.15. The number of ether oxygens (including phenoxy) is 1. The van der Waals surface area contributed by atoms with E-state index in [0.717, 1.165) is 0 Å². The summed E-state index contributed by atoms with van der Waals surface area (Å²) in [6.07, 6.45) is -4.45. The average molecular weight is 219 g/mol. The van der Waals surface area contributed by atoms with Crippen LogP contribution in [-0.2, 0) is 9.53 Å². The first-order chi connectivity index (χ1) is 7.08. The topological polar surface area (TPSA) is 136 Å². The van der Waals surface area contributed by atoms with E-state index in [4.69, 9.17) is 15.7 Å². The first-order valence-electron chi connectivity index (χ1n) is 4.12. The zero-order valence-corrected chi connectivity index (χ0v) is 8.15. The van der Waals surface area contributed by atoms with Crippen molar-refractivity contribution in [3.05, 3.63) is 10.4 Å². The minimum Gasteiger partial charge on any atom is -0.394 e. The maximum atomic E-state index is 11.4. The standard InChI is InChI=1S/C7H13N3O5/c1-15-5(2-9-10-8)7(14)6(13)4(12)3-11/h4-6,11-13H,2-3H2,1H3/t4?,5-,6?/m1/s1. The Morgan fingerprint density at radius 1 is 1.60 bits per heavy atom. The van der Waals surface area contributed by atoms with Crippen molar-refractivity contribution in [3.8, 4) is 0 Å². The number of aliphatic hydroxyl groups is 3. The second-order valence-electron chi connectivity index (χ2n) is 2.73. The van der Waals surface area contributed by atoms with Crippen LogP contribution in [0.3, 0.4) is 0 Å². The first-order valence-corrected chi connectivity index (χ1v) is 4.12. The molecule has 86 valence electrons. The molecule has 0 aliphatic carbocycles. The number of nitrogens with zero attached hydrogens (tertiary/aromatic N) is 3. The van der Waals surface area contributed by atoms with Gasteiger partial charge in [0.1, 0.15) is 18.3 Å². The van der Waals surface area contributed by atoms with Gasteiger partial charge in [-0.05, 0) is 5.53 Å². The van der Waals surface area contributed by atoms with Crippen molar-refractivity contribution in [1.82, 2.24) is 0 Å². The summed E-state index contributed by atoms with van der Waals surface area (Å²) in [4.78, 5) is 13.8. The molecule has 0 rings (SSSR count). The fraction of sp³-hybridized carbons (Fsp3) is 0.857. The molecule has 0 saturated heterocycles. The lowest BCUT2D eigenvalue weighted by Gasteiger charge is -2.18. The number of azide groups is 1. The Kier molecular flexibility index (Phi) is 6.59. The molecule has 0 aromatic carbocycles. The van der Waals surface area contributed by atoms with Gasteiger partial charge in [0.15, 0.2) is 5.78 Å². The molecular formula is C7H13N3O5. The van der Waals surface area contributed by atoms with Crippen molar-refractivity contribution in [2.75, 3.05) is 20.3 Å². The number of carbonyl (C=O) groups is 1. The van der Waals surface area contributed by atoms with Gasteiger partial charge in [-0.3, -0.25) is 4.79 Å². The minimum absolute atomic E-state index is 0.277. The van der Waals surface area contributed by atoms with Crippen LogP contribution in [0.4, 0.5) is 0 Å². The highest BCUT2D eigenvalue weighted by atomic mass is 16.5. The second kappa shape index (κ2) is 7.16. The Balaban J connectivity index is 4.42. The van der Waals surface area contributed by atoms with E-state index in [0.29, 0.717) is 0 Å². The van der Waals surface area contributed by atoms with Crippen molar-refractivity contribution in [1.29, 1.82) is 0 Å². The summed E-state index contributed by atoms with van der Waals surface area (Å²) in [6.45, 7) is -1.02. The summed E-state index contributed by atoms with van der Waals surface area (Å²) >= 11 is 0. The molecule has 3 N–H and O–H groups in total. The van der Waals surface area contributed by atoms with E-state index in [1.165, 1.54) is 7.11 Å². The summed E-state index contributed by atoms with van der Waals surface area (Å²) in [6, 6.07) is 0. The third-order valence-electron chi connectivity index (χ3n) is 1.76. The number of methoxy groups -OCH3 is 1. The number of hydrogen-bond donors (Lipinski definition) is 3. The molecule has 0 fully saturated rings. The Morgan fingerprint density at radius 2 is 2.20 bits per heavy atom. The molecule has 0 radical (unpaired) electrons. The molecule has 0 aliphatic rings.